The van der Waals surface area contributed by atoms with Gasteiger partial charge in [-0.15, -0.1) is 0 Å². The van der Waals surface area contributed by atoms with Crippen molar-refractivity contribution in [3.8, 4) is 0 Å². The van der Waals surface area contributed by atoms with Crippen molar-refractivity contribution < 1.29 is 23.2 Å². The van der Waals surface area contributed by atoms with E-state index in [1.807, 2.05) is 9.80 Å². The molecule has 1 aromatic rings. The molecule has 0 aromatic heterocycles. The molecule has 7 nitrogen and oxygen atoms in total. The lowest BCUT2D eigenvalue weighted by Crippen LogP contribution is -2.51. The minimum atomic E-state index is -4.38. The molecule has 2 fully saturated rings. The van der Waals surface area contributed by atoms with Gasteiger partial charge < -0.3 is 15.5 Å². The number of aliphatic imine (C=N–C) groups is 1. The first-order valence-electron chi connectivity index (χ1n) is 8.55. The van der Waals surface area contributed by atoms with Crippen LogP contribution in [-0.4, -0.2) is 47.1 Å². The minimum Gasteiger partial charge on any atom is -0.369 e. The third-order valence-electron chi connectivity index (χ3n) is 4.96. The fraction of sp³-hybridized carbons (Fsp3) is 0.333. The number of nitrogens with two attached hydrogens (primary N) is 1. The second kappa shape index (κ2) is 7.55. The van der Waals surface area contributed by atoms with Crippen molar-refractivity contribution in [3.63, 3.8) is 0 Å². The maximum absolute atomic E-state index is 13.0. The molecule has 0 radical (unpaired) electrons. The minimum absolute atomic E-state index is 0.00976. The molecule has 2 heterocycles. The summed E-state index contributed by atoms with van der Waals surface area (Å²) < 4.78 is 38.9. The summed E-state index contributed by atoms with van der Waals surface area (Å²) >= 11 is 0. The Kier molecular flexibility index (Phi) is 5.32. The fourth-order valence-electron chi connectivity index (χ4n) is 3.60. The van der Waals surface area contributed by atoms with Crippen molar-refractivity contribution in [1.29, 1.82) is 0 Å². The number of nitrogens with one attached hydrogen (secondary N) is 1. The second-order valence-corrected chi connectivity index (χ2v) is 6.61. The zero-order valence-corrected chi connectivity index (χ0v) is 14.9. The molecule has 2 aliphatic rings. The zero-order valence-electron chi connectivity index (χ0n) is 14.9. The summed E-state index contributed by atoms with van der Waals surface area (Å²) in [7, 11) is 0. The Morgan fingerprint density at radius 3 is 2.68 bits per heavy atom. The summed E-state index contributed by atoms with van der Waals surface area (Å²) in [5, 5.41) is 8.65. The predicted octanol–water partition coefficient (Wildman–Crippen LogP) is 1.86. The molecular weight excluding hydrogens is 375 g/mol. The van der Waals surface area contributed by atoms with E-state index in [1.54, 1.807) is 6.07 Å². The molecule has 2 bridgehead atoms. The van der Waals surface area contributed by atoms with Crippen molar-refractivity contribution in [2.24, 2.45) is 10.7 Å². The Hall–Kier alpha value is -3.01. The summed E-state index contributed by atoms with van der Waals surface area (Å²) in [6.45, 7) is 4.50. The molecule has 2 saturated heterocycles. The molecule has 0 saturated carbocycles. The molecule has 2 aliphatic heterocycles. The van der Waals surface area contributed by atoms with Gasteiger partial charge in [0.2, 0.25) is 0 Å². The quantitative estimate of drug-likeness (QED) is 0.181. The van der Waals surface area contributed by atoms with Crippen LogP contribution in [0, 0.1) is 0 Å². The first-order chi connectivity index (χ1) is 13.2. The van der Waals surface area contributed by atoms with Crippen molar-refractivity contribution in [3.05, 3.63) is 54.3 Å². The summed E-state index contributed by atoms with van der Waals surface area (Å²) in [4.78, 5) is 19.3. The van der Waals surface area contributed by atoms with Gasteiger partial charge in [0.25, 0.3) is 5.91 Å². The highest BCUT2D eigenvalue weighted by molar-refractivity contribution is 5.95. The molecular formula is C18H20F3N5O2. The van der Waals surface area contributed by atoms with Crippen LogP contribution in [0.3, 0.4) is 0 Å². The molecule has 2 atom stereocenters. The Balaban J connectivity index is 1.72. The summed E-state index contributed by atoms with van der Waals surface area (Å²) in [6.07, 6.45) is -1.20. The van der Waals surface area contributed by atoms with Crippen molar-refractivity contribution in [2.45, 2.75) is 24.7 Å². The maximum Gasteiger partial charge on any atom is 0.416 e. The number of fused-ring (bicyclic) bond motifs is 2. The number of carbonyl (C=O) groups excluding carboxylic acids is 1. The molecule has 2 unspecified atom stereocenters. The van der Waals surface area contributed by atoms with Crippen molar-refractivity contribution in [2.75, 3.05) is 18.0 Å². The number of likely N-dealkylation sites (tertiary alicyclic amines) is 1. The van der Waals surface area contributed by atoms with E-state index < -0.39 is 17.6 Å². The van der Waals surface area contributed by atoms with Crippen LogP contribution in [-0.2, 0) is 11.0 Å². The van der Waals surface area contributed by atoms with Crippen LogP contribution in [0.4, 0.5) is 18.9 Å². The highest BCUT2D eigenvalue weighted by Gasteiger charge is 2.44. The van der Waals surface area contributed by atoms with Crippen molar-refractivity contribution in [1.82, 2.24) is 10.4 Å². The molecule has 1 aromatic carbocycles. The molecule has 0 spiro atoms. The third kappa shape index (κ3) is 3.81. The lowest BCUT2D eigenvalue weighted by Gasteiger charge is -2.36. The van der Waals surface area contributed by atoms with Gasteiger partial charge >= 0.3 is 6.18 Å². The number of halogens is 3. The van der Waals surface area contributed by atoms with Gasteiger partial charge in [0, 0.05) is 31.0 Å². The van der Waals surface area contributed by atoms with Gasteiger partial charge in [-0.2, -0.15) is 13.2 Å². The number of piperazine rings is 1. The molecule has 10 heteroatoms. The first-order valence-corrected chi connectivity index (χ1v) is 8.55. The topological polar surface area (TPSA) is 94.2 Å². The van der Waals surface area contributed by atoms with Gasteiger partial charge in [-0.1, -0.05) is 18.7 Å². The van der Waals surface area contributed by atoms with E-state index in [2.05, 4.69) is 11.6 Å². The number of amides is 1. The number of anilines is 1. The lowest BCUT2D eigenvalue weighted by atomic mass is 10.1. The SMILES string of the molecule is C=C/C(=C\N=C(N)N1CC2CC1CN2c1cccc(C(F)(F)F)c1)C(=O)NO. The Morgan fingerprint density at radius 1 is 1.36 bits per heavy atom. The monoisotopic (exact) mass is 395 g/mol. The van der Waals surface area contributed by atoms with Crippen LogP contribution in [0.5, 0.6) is 0 Å². The molecule has 28 heavy (non-hydrogen) atoms. The molecule has 3 rings (SSSR count). The Labute approximate surface area is 159 Å². The number of hydrogen-bond donors (Lipinski definition) is 3. The molecule has 1 amide bonds. The molecule has 150 valence electrons. The number of carbonyl (C=O) groups is 1. The highest BCUT2D eigenvalue weighted by atomic mass is 19.4. The number of benzene rings is 1. The van der Waals surface area contributed by atoms with Gasteiger partial charge in [-0.25, -0.2) is 10.5 Å². The largest absolute Gasteiger partial charge is 0.416 e. The van der Waals surface area contributed by atoms with Crippen LogP contribution in [0.2, 0.25) is 0 Å². The van der Waals surface area contributed by atoms with Gasteiger partial charge in [-0.05, 0) is 24.6 Å². The number of hydroxylamine groups is 1. The van der Waals surface area contributed by atoms with E-state index in [1.165, 1.54) is 23.8 Å². The van der Waals surface area contributed by atoms with Gasteiger partial charge in [-0.3, -0.25) is 10.0 Å². The normalized spacial score (nSPS) is 22.6. The summed E-state index contributed by atoms with van der Waals surface area (Å²) in [5.74, 6) is -0.563. The maximum atomic E-state index is 13.0. The van der Waals surface area contributed by atoms with E-state index >= 15 is 0 Å². The summed E-state index contributed by atoms with van der Waals surface area (Å²) in [6, 6.07) is 5.33. The third-order valence-corrected chi connectivity index (χ3v) is 4.96. The van der Waals surface area contributed by atoms with Gasteiger partial charge in [0.05, 0.1) is 17.2 Å². The second-order valence-electron chi connectivity index (χ2n) is 6.61. The average molecular weight is 395 g/mol. The number of hydrogen-bond acceptors (Lipinski definition) is 4. The van der Waals surface area contributed by atoms with Crippen LogP contribution in [0.25, 0.3) is 0 Å². The first kappa shape index (κ1) is 19.7. The van der Waals surface area contributed by atoms with E-state index in [9.17, 15) is 18.0 Å². The van der Waals surface area contributed by atoms with Crippen LogP contribution >= 0.6 is 0 Å². The van der Waals surface area contributed by atoms with E-state index in [0.717, 1.165) is 18.6 Å². The number of alkyl halides is 3. The zero-order chi connectivity index (χ0) is 20.5. The van der Waals surface area contributed by atoms with Crippen LogP contribution < -0.4 is 16.1 Å². The summed E-state index contributed by atoms with van der Waals surface area (Å²) in [5.41, 5.74) is 7.40. The fourth-order valence-corrected chi connectivity index (χ4v) is 3.60. The Bertz CT molecular complexity index is 837. The predicted molar refractivity (Wildman–Crippen MR) is 97.5 cm³/mol. The standard InChI is InChI=1S/C18H20F3N5O2/c1-2-11(16(27)24-28)8-23-17(22)26-10-14-7-15(26)9-25(14)13-5-3-4-12(6-13)18(19,20)21/h2-6,8,14-15,28H,1,7,9-10H2,(H2,22,23)(H,24,27)/b11-8+. The van der Waals surface area contributed by atoms with Gasteiger partial charge in [0.15, 0.2) is 5.96 Å². The number of guanidine groups is 1. The van der Waals surface area contributed by atoms with E-state index in [4.69, 9.17) is 10.9 Å². The number of rotatable bonds is 4. The smallest absolute Gasteiger partial charge is 0.369 e. The number of nitrogens with zero attached hydrogens (tertiary/aromatic N) is 3. The lowest BCUT2D eigenvalue weighted by molar-refractivity contribution is -0.137. The average Bonchev–Trinajstić information content (AvgIpc) is 3.28. The Morgan fingerprint density at radius 2 is 2.11 bits per heavy atom. The van der Waals surface area contributed by atoms with E-state index in [0.29, 0.717) is 18.8 Å². The van der Waals surface area contributed by atoms with Crippen molar-refractivity contribution >= 4 is 17.6 Å². The highest BCUT2D eigenvalue weighted by Crippen LogP contribution is 2.37. The van der Waals surface area contributed by atoms with Crippen LogP contribution in [0.1, 0.15) is 12.0 Å². The van der Waals surface area contributed by atoms with Crippen LogP contribution in [0.15, 0.2) is 53.7 Å². The van der Waals surface area contributed by atoms with E-state index in [-0.39, 0.29) is 23.6 Å². The van der Waals surface area contributed by atoms with Gasteiger partial charge in [0.1, 0.15) is 0 Å². The molecule has 0 aliphatic carbocycles. The molecule has 4 N–H and O–H groups in total.